The van der Waals surface area contributed by atoms with E-state index < -0.39 is 0 Å². The number of benzene rings is 2. The Morgan fingerprint density at radius 1 is 1.00 bits per heavy atom. The molecular formula is C13H10ClNO2. The second-order valence-electron chi connectivity index (χ2n) is 3.53. The molecule has 0 aliphatic carbocycles. The second-order valence-corrected chi connectivity index (χ2v) is 3.93. The van der Waals surface area contributed by atoms with Crippen LogP contribution >= 0.6 is 11.6 Å². The van der Waals surface area contributed by atoms with Crippen LogP contribution in [-0.4, -0.2) is 16.5 Å². The summed E-state index contributed by atoms with van der Waals surface area (Å²) in [6.07, 6.45) is 1.28. The van der Waals surface area contributed by atoms with Gasteiger partial charge in [-0.15, -0.1) is 0 Å². The van der Waals surface area contributed by atoms with Gasteiger partial charge in [0.1, 0.15) is 5.75 Å². The lowest BCUT2D eigenvalue weighted by atomic mass is 10.0. The predicted molar refractivity (Wildman–Crippen MR) is 67.9 cm³/mol. The van der Waals surface area contributed by atoms with E-state index in [2.05, 4.69) is 5.16 Å². The van der Waals surface area contributed by atoms with Gasteiger partial charge in [0.2, 0.25) is 0 Å². The Kier molecular flexibility index (Phi) is 3.30. The van der Waals surface area contributed by atoms with Crippen molar-refractivity contribution in [2.75, 3.05) is 0 Å². The van der Waals surface area contributed by atoms with Crippen molar-refractivity contribution in [3.8, 4) is 16.9 Å². The van der Waals surface area contributed by atoms with Crippen LogP contribution in [0.25, 0.3) is 11.1 Å². The molecule has 0 aromatic heterocycles. The first-order chi connectivity index (χ1) is 8.20. The van der Waals surface area contributed by atoms with Crippen LogP contribution in [0.5, 0.6) is 5.75 Å². The molecule has 0 spiro atoms. The van der Waals surface area contributed by atoms with Gasteiger partial charge in [0.15, 0.2) is 0 Å². The molecule has 2 aromatic rings. The number of rotatable bonds is 2. The van der Waals surface area contributed by atoms with Gasteiger partial charge in [0.05, 0.1) is 11.2 Å². The van der Waals surface area contributed by atoms with Crippen LogP contribution < -0.4 is 0 Å². The minimum atomic E-state index is 0.226. The molecule has 2 aromatic carbocycles. The van der Waals surface area contributed by atoms with E-state index in [1.54, 1.807) is 36.4 Å². The topological polar surface area (TPSA) is 52.8 Å². The molecule has 4 heteroatoms. The van der Waals surface area contributed by atoms with E-state index in [-0.39, 0.29) is 5.75 Å². The van der Waals surface area contributed by atoms with Crippen molar-refractivity contribution in [2.45, 2.75) is 0 Å². The van der Waals surface area contributed by atoms with Crippen molar-refractivity contribution >= 4 is 17.8 Å². The van der Waals surface area contributed by atoms with Crippen LogP contribution in [0.1, 0.15) is 5.56 Å². The van der Waals surface area contributed by atoms with Crippen LogP contribution in [0, 0.1) is 0 Å². The highest BCUT2D eigenvalue weighted by molar-refractivity contribution is 6.33. The number of oxime groups is 1. The molecule has 0 bridgehead atoms. The van der Waals surface area contributed by atoms with Crippen LogP contribution in [0.4, 0.5) is 0 Å². The summed E-state index contributed by atoms with van der Waals surface area (Å²) in [6.45, 7) is 0. The van der Waals surface area contributed by atoms with Crippen LogP contribution in [0.2, 0.25) is 5.02 Å². The maximum Gasteiger partial charge on any atom is 0.115 e. The molecule has 0 atom stereocenters. The van der Waals surface area contributed by atoms with E-state index in [1.807, 2.05) is 6.07 Å². The lowest BCUT2D eigenvalue weighted by Gasteiger charge is -2.04. The lowest BCUT2D eigenvalue weighted by molar-refractivity contribution is 0.322. The van der Waals surface area contributed by atoms with E-state index >= 15 is 0 Å². The number of halogens is 1. The Labute approximate surface area is 104 Å². The van der Waals surface area contributed by atoms with Crippen LogP contribution in [-0.2, 0) is 0 Å². The summed E-state index contributed by atoms with van der Waals surface area (Å²) in [4.78, 5) is 0. The molecule has 0 heterocycles. The van der Waals surface area contributed by atoms with E-state index in [0.717, 1.165) is 11.1 Å². The summed E-state index contributed by atoms with van der Waals surface area (Å²) < 4.78 is 0. The third-order valence-electron chi connectivity index (χ3n) is 2.40. The highest BCUT2D eigenvalue weighted by Gasteiger charge is 2.02. The Balaban J connectivity index is 2.40. The molecule has 2 N–H and O–H groups in total. The quantitative estimate of drug-likeness (QED) is 0.485. The minimum absolute atomic E-state index is 0.226. The first kappa shape index (κ1) is 11.5. The first-order valence-electron chi connectivity index (χ1n) is 4.97. The molecule has 0 aliphatic heterocycles. The Hall–Kier alpha value is -2.00. The first-order valence-corrected chi connectivity index (χ1v) is 5.35. The van der Waals surface area contributed by atoms with Gasteiger partial charge < -0.3 is 10.3 Å². The summed E-state index contributed by atoms with van der Waals surface area (Å²) in [7, 11) is 0. The summed E-state index contributed by atoms with van der Waals surface area (Å²) >= 11 is 6.04. The van der Waals surface area contributed by atoms with Gasteiger partial charge in [-0.05, 0) is 29.3 Å². The van der Waals surface area contributed by atoms with Gasteiger partial charge in [0, 0.05) is 5.56 Å². The number of phenols is 1. The van der Waals surface area contributed by atoms with E-state index in [9.17, 15) is 5.11 Å². The number of hydrogen-bond donors (Lipinski definition) is 2. The molecule has 0 unspecified atom stereocenters. The minimum Gasteiger partial charge on any atom is -0.508 e. The molecule has 86 valence electrons. The summed E-state index contributed by atoms with van der Waals surface area (Å²) in [5.41, 5.74) is 2.54. The third-order valence-corrected chi connectivity index (χ3v) is 2.73. The molecule has 0 aliphatic rings. The molecule has 0 fully saturated rings. The van der Waals surface area contributed by atoms with Crippen LogP contribution in [0.3, 0.4) is 0 Å². The van der Waals surface area contributed by atoms with Crippen molar-refractivity contribution < 1.29 is 10.3 Å². The van der Waals surface area contributed by atoms with Gasteiger partial charge in [-0.25, -0.2) is 0 Å². The Bertz CT molecular complexity index is 550. The van der Waals surface area contributed by atoms with Crippen LogP contribution in [0.15, 0.2) is 47.6 Å². The predicted octanol–water partition coefficient (Wildman–Crippen LogP) is 3.52. The fraction of sp³-hybridized carbons (Fsp3) is 0. The standard InChI is InChI=1S/C13H10ClNO2/c14-13-7-10(1-2-11(13)8-15-17)9-3-5-12(16)6-4-9/h1-8,16-17H/b15-8+. The van der Waals surface area contributed by atoms with Gasteiger partial charge in [-0.3, -0.25) is 0 Å². The largest absolute Gasteiger partial charge is 0.508 e. The fourth-order valence-electron chi connectivity index (χ4n) is 1.53. The Morgan fingerprint density at radius 2 is 1.65 bits per heavy atom. The monoisotopic (exact) mass is 247 g/mol. The molecule has 0 amide bonds. The highest BCUT2D eigenvalue weighted by Crippen LogP contribution is 2.26. The summed E-state index contributed by atoms with van der Waals surface area (Å²) in [5, 5.41) is 21.1. The number of hydrogen-bond acceptors (Lipinski definition) is 3. The normalized spacial score (nSPS) is 10.9. The van der Waals surface area contributed by atoms with Gasteiger partial charge in [0.25, 0.3) is 0 Å². The molecule has 0 saturated heterocycles. The van der Waals surface area contributed by atoms with E-state index in [1.165, 1.54) is 6.21 Å². The van der Waals surface area contributed by atoms with Crippen molar-refractivity contribution in [3.05, 3.63) is 53.1 Å². The fourth-order valence-corrected chi connectivity index (χ4v) is 1.76. The van der Waals surface area contributed by atoms with Crippen molar-refractivity contribution in [3.63, 3.8) is 0 Å². The number of phenolic OH excluding ortho intramolecular Hbond substituents is 1. The number of aromatic hydroxyl groups is 1. The summed E-state index contributed by atoms with van der Waals surface area (Å²) in [6, 6.07) is 12.3. The number of nitrogens with zero attached hydrogens (tertiary/aromatic N) is 1. The molecule has 17 heavy (non-hydrogen) atoms. The highest BCUT2D eigenvalue weighted by atomic mass is 35.5. The van der Waals surface area contributed by atoms with Crippen molar-refractivity contribution in [1.29, 1.82) is 0 Å². The Morgan fingerprint density at radius 3 is 2.24 bits per heavy atom. The average Bonchev–Trinajstić information content (AvgIpc) is 2.33. The van der Waals surface area contributed by atoms with Crippen molar-refractivity contribution in [1.82, 2.24) is 0 Å². The molecule has 0 saturated carbocycles. The van der Waals surface area contributed by atoms with E-state index in [4.69, 9.17) is 16.8 Å². The second kappa shape index (κ2) is 4.89. The maximum absolute atomic E-state index is 9.20. The third kappa shape index (κ3) is 2.57. The van der Waals surface area contributed by atoms with E-state index in [0.29, 0.717) is 10.6 Å². The zero-order chi connectivity index (χ0) is 12.3. The van der Waals surface area contributed by atoms with Gasteiger partial charge in [-0.1, -0.05) is 41.0 Å². The molecular weight excluding hydrogens is 238 g/mol. The van der Waals surface area contributed by atoms with Gasteiger partial charge in [-0.2, -0.15) is 0 Å². The average molecular weight is 248 g/mol. The zero-order valence-corrected chi connectivity index (χ0v) is 9.59. The maximum atomic E-state index is 9.20. The molecule has 3 nitrogen and oxygen atoms in total. The lowest BCUT2D eigenvalue weighted by Crippen LogP contribution is -1.85. The smallest absolute Gasteiger partial charge is 0.115 e. The SMILES string of the molecule is O/N=C/c1ccc(-c2ccc(O)cc2)cc1Cl. The summed E-state index contributed by atoms with van der Waals surface area (Å²) in [5.74, 6) is 0.226. The van der Waals surface area contributed by atoms with Gasteiger partial charge >= 0.3 is 0 Å². The van der Waals surface area contributed by atoms with Crippen molar-refractivity contribution in [2.24, 2.45) is 5.16 Å². The molecule has 0 radical (unpaired) electrons. The molecule has 2 rings (SSSR count). The zero-order valence-electron chi connectivity index (χ0n) is 8.84.